The highest BCUT2D eigenvalue weighted by atomic mass is 16.3. The van der Waals surface area contributed by atoms with Crippen molar-refractivity contribution in [3.8, 4) is 0 Å². The first-order chi connectivity index (χ1) is 14.5. The van der Waals surface area contributed by atoms with Crippen LogP contribution in [0, 0.1) is 13.8 Å². The number of nitrogens with zero attached hydrogens (tertiary/aromatic N) is 2. The van der Waals surface area contributed by atoms with Crippen LogP contribution in [0.5, 0.6) is 0 Å². The smallest absolute Gasteiger partial charge is 0.243 e. The summed E-state index contributed by atoms with van der Waals surface area (Å²) in [5.41, 5.74) is 3.03. The normalized spacial score (nSPS) is 30.6. The van der Waals surface area contributed by atoms with E-state index in [1.807, 2.05) is 0 Å². The zero-order chi connectivity index (χ0) is 20.9. The monoisotopic (exact) mass is 410 g/mol. The van der Waals surface area contributed by atoms with Crippen LogP contribution < -0.4 is 0 Å². The van der Waals surface area contributed by atoms with Gasteiger partial charge in [-0.1, -0.05) is 11.6 Å². The van der Waals surface area contributed by atoms with Gasteiger partial charge in [0.2, 0.25) is 5.91 Å². The maximum atomic E-state index is 13.8. The van der Waals surface area contributed by atoms with Crippen LogP contribution in [0.2, 0.25) is 0 Å². The van der Waals surface area contributed by atoms with Crippen LogP contribution >= 0.6 is 0 Å². The summed E-state index contributed by atoms with van der Waals surface area (Å²) in [7, 11) is 0. The molecule has 1 aromatic heterocycles. The molecule has 3 fully saturated rings. The second-order valence-electron chi connectivity index (χ2n) is 9.77. The average molecular weight is 411 g/mol. The van der Waals surface area contributed by atoms with Crippen LogP contribution in [0.15, 0.2) is 22.6 Å². The molecular formula is C25H34N2O3. The number of benzene rings is 1. The van der Waals surface area contributed by atoms with Crippen molar-refractivity contribution < 1.29 is 14.3 Å². The highest BCUT2D eigenvalue weighted by Gasteiger charge is 2.52. The fraction of sp³-hybridized carbons (Fsp3) is 0.640. The summed E-state index contributed by atoms with van der Waals surface area (Å²) in [5.74, 6) is 1.33. The lowest BCUT2D eigenvalue weighted by molar-refractivity contribution is -0.152. The Hall–Kier alpha value is -1.85. The zero-order valence-corrected chi connectivity index (χ0v) is 18.3. The molecule has 1 N–H and O–H groups in total. The van der Waals surface area contributed by atoms with E-state index in [0.717, 1.165) is 75.8 Å². The summed E-state index contributed by atoms with van der Waals surface area (Å²) < 4.78 is 6.25. The Labute approximate surface area is 179 Å². The van der Waals surface area contributed by atoms with E-state index in [9.17, 15) is 9.90 Å². The molecule has 1 aromatic carbocycles. The number of aliphatic hydroxyl groups excluding tert-OH is 1. The number of amides is 1. The lowest BCUT2D eigenvalue weighted by atomic mass is 9.82. The molecule has 0 bridgehead atoms. The van der Waals surface area contributed by atoms with E-state index in [-0.39, 0.29) is 11.6 Å². The van der Waals surface area contributed by atoms with Gasteiger partial charge in [0.25, 0.3) is 0 Å². The summed E-state index contributed by atoms with van der Waals surface area (Å²) in [6.45, 7) is 6.80. The first kappa shape index (κ1) is 20.1. The number of aliphatic hydroxyl groups is 1. The van der Waals surface area contributed by atoms with Gasteiger partial charge in [-0.15, -0.1) is 0 Å². The van der Waals surface area contributed by atoms with Gasteiger partial charge in [0.1, 0.15) is 16.9 Å². The van der Waals surface area contributed by atoms with Gasteiger partial charge in [-0.3, -0.25) is 9.69 Å². The van der Waals surface area contributed by atoms with Crippen molar-refractivity contribution in [2.24, 2.45) is 0 Å². The average Bonchev–Trinajstić information content (AvgIpc) is 3.27. The molecule has 5 rings (SSSR count). The summed E-state index contributed by atoms with van der Waals surface area (Å²) >= 11 is 0. The highest BCUT2D eigenvalue weighted by molar-refractivity contribution is 5.88. The molecule has 1 saturated carbocycles. The van der Waals surface area contributed by atoms with Crippen LogP contribution in [-0.2, 0) is 11.3 Å². The lowest BCUT2D eigenvalue weighted by Gasteiger charge is -2.48. The first-order valence-corrected chi connectivity index (χ1v) is 11.7. The van der Waals surface area contributed by atoms with Crippen molar-refractivity contribution in [1.82, 2.24) is 9.80 Å². The maximum absolute atomic E-state index is 13.8. The van der Waals surface area contributed by atoms with Crippen molar-refractivity contribution in [2.45, 2.75) is 89.4 Å². The molecule has 1 atom stereocenters. The van der Waals surface area contributed by atoms with Crippen molar-refractivity contribution in [3.63, 3.8) is 0 Å². The second-order valence-corrected chi connectivity index (χ2v) is 9.77. The molecule has 3 aliphatic rings. The number of fused-ring (bicyclic) bond motifs is 1. The maximum Gasteiger partial charge on any atom is 0.243 e. The standard InChI is InChI=1S/C25H34N2O3/c1-17-5-10-22-21(15-17)18(2)23(30-22)16-26-13-3-11-25(26)12-4-14-27(24(25)29)19-6-8-20(28)9-7-19/h5,10,15,19-20,28H,3-4,6-9,11-14,16H2,1-2H3. The molecule has 5 nitrogen and oxygen atoms in total. The number of aryl methyl sites for hydroxylation is 2. The van der Waals surface area contributed by atoms with Crippen molar-refractivity contribution in [1.29, 1.82) is 0 Å². The second kappa shape index (κ2) is 7.69. The summed E-state index contributed by atoms with van der Waals surface area (Å²) in [6.07, 6.45) is 7.38. The van der Waals surface area contributed by atoms with Gasteiger partial charge in [0, 0.05) is 18.0 Å². The minimum Gasteiger partial charge on any atom is -0.459 e. The lowest BCUT2D eigenvalue weighted by Crippen LogP contribution is -2.62. The molecule has 1 amide bonds. The quantitative estimate of drug-likeness (QED) is 0.819. The Morgan fingerprint density at radius 1 is 1.10 bits per heavy atom. The van der Waals surface area contributed by atoms with Crippen LogP contribution in [0.4, 0.5) is 0 Å². The Balaban J connectivity index is 1.40. The molecule has 30 heavy (non-hydrogen) atoms. The number of likely N-dealkylation sites (tertiary alicyclic amines) is 2. The van der Waals surface area contributed by atoms with Gasteiger partial charge in [-0.2, -0.15) is 0 Å². The molecule has 1 spiro atoms. The van der Waals surface area contributed by atoms with Crippen molar-refractivity contribution >= 4 is 16.9 Å². The predicted molar refractivity (Wildman–Crippen MR) is 117 cm³/mol. The molecule has 3 heterocycles. The van der Waals surface area contributed by atoms with Gasteiger partial charge in [-0.05, 0) is 89.5 Å². The molecule has 2 aliphatic heterocycles. The summed E-state index contributed by atoms with van der Waals surface area (Å²) in [5, 5.41) is 11.1. The Morgan fingerprint density at radius 3 is 2.60 bits per heavy atom. The van der Waals surface area contributed by atoms with E-state index in [4.69, 9.17) is 4.42 Å². The van der Waals surface area contributed by atoms with E-state index in [1.165, 1.54) is 16.5 Å². The number of hydrogen-bond acceptors (Lipinski definition) is 4. The molecule has 0 radical (unpaired) electrons. The highest BCUT2D eigenvalue weighted by Crippen LogP contribution is 2.42. The fourth-order valence-electron chi connectivity index (χ4n) is 6.14. The molecule has 1 unspecified atom stereocenters. The molecule has 1 aliphatic carbocycles. The number of furan rings is 1. The Morgan fingerprint density at radius 2 is 1.83 bits per heavy atom. The minimum absolute atomic E-state index is 0.183. The fourth-order valence-corrected chi connectivity index (χ4v) is 6.14. The van der Waals surface area contributed by atoms with Crippen LogP contribution in [0.25, 0.3) is 11.0 Å². The van der Waals surface area contributed by atoms with Crippen LogP contribution in [0.3, 0.4) is 0 Å². The Bertz CT molecular complexity index is 943. The van der Waals surface area contributed by atoms with Gasteiger partial charge in [-0.25, -0.2) is 0 Å². The van der Waals surface area contributed by atoms with Crippen molar-refractivity contribution in [2.75, 3.05) is 13.1 Å². The number of rotatable bonds is 3. The van der Waals surface area contributed by atoms with Crippen LogP contribution in [-0.4, -0.2) is 51.6 Å². The third-order valence-corrected chi connectivity index (χ3v) is 7.90. The van der Waals surface area contributed by atoms with E-state index in [0.29, 0.717) is 18.5 Å². The number of hydrogen-bond donors (Lipinski definition) is 1. The van der Waals surface area contributed by atoms with Gasteiger partial charge >= 0.3 is 0 Å². The van der Waals surface area contributed by atoms with E-state index < -0.39 is 0 Å². The number of piperidine rings is 1. The minimum atomic E-state index is -0.365. The topological polar surface area (TPSA) is 56.9 Å². The number of carbonyl (C=O) groups is 1. The predicted octanol–water partition coefficient (Wildman–Crippen LogP) is 4.31. The summed E-state index contributed by atoms with van der Waals surface area (Å²) in [6, 6.07) is 6.65. The molecule has 2 aromatic rings. The largest absolute Gasteiger partial charge is 0.459 e. The first-order valence-electron chi connectivity index (χ1n) is 11.7. The molecule has 2 saturated heterocycles. The SMILES string of the molecule is Cc1ccc2oc(CN3CCCC34CCCN(C3CCC(O)CC3)C4=O)c(C)c2c1. The van der Waals surface area contributed by atoms with Gasteiger partial charge in [0.15, 0.2) is 0 Å². The van der Waals surface area contributed by atoms with Crippen LogP contribution in [0.1, 0.15) is 68.3 Å². The van der Waals surface area contributed by atoms with E-state index >= 15 is 0 Å². The zero-order valence-electron chi connectivity index (χ0n) is 18.3. The molecular weight excluding hydrogens is 376 g/mol. The molecule has 5 heteroatoms. The third kappa shape index (κ3) is 3.27. The summed E-state index contributed by atoms with van der Waals surface area (Å²) in [4.78, 5) is 18.4. The molecule has 162 valence electrons. The van der Waals surface area contributed by atoms with E-state index in [1.54, 1.807) is 0 Å². The Kier molecular flexibility index (Phi) is 5.14. The van der Waals surface area contributed by atoms with Gasteiger partial charge < -0.3 is 14.4 Å². The van der Waals surface area contributed by atoms with E-state index in [2.05, 4.69) is 41.8 Å². The van der Waals surface area contributed by atoms with Gasteiger partial charge in [0.05, 0.1) is 12.6 Å². The number of carbonyl (C=O) groups excluding carboxylic acids is 1. The van der Waals surface area contributed by atoms with Crippen molar-refractivity contribution in [3.05, 3.63) is 35.1 Å². The third-order valence-electron chi connectivity index (χ3n) is 7.90.